The zero-order chi connectivity index (χ0) is 13.0. The highest BCUT2D eigenvalue weighted by atomic mass is 79.9. The Balaban J connectivity index is 2.20. The molecular weight excluding hydrogens is 422 g/mol. The zero-order valence-electron chi connectivity index (χ0n) is 9.61. The summed E-state index contributed by atoms with van der Waals surface area (Å²) in [6.45, 7) is 0. The molecule has 0 bridgehead atoms. The molecule has 94 valence electrons. The maximum atomic E-state index is 4.44. The number of aromatic nitrogens is 1. The van der Waals surface area contributed by atoms with Gasteiger partial charge in [-0.15, -0.1) is 0 Å². The lowest BCUT2D eigenvalue weighted by Gasteiger charge is -2.15. The number of hydrogen-bond donors (Lipinski definition) is 0. The highest BCUT2D eigenvalue weighted by Crippen LogP contribution is 2.29. The Kier molecular flexibility index (Phi) is 5.39. The summed E-state index contributed by atoms with van der Waals surface area (Å²) >= 11 is 10.6. The molecule has 0 radical (unpaired) electrons. The van der Waals surface area contributed by atoms with Crippen molar-refractivity contribution in [3.05, 3.63) is 62.8 Å². The highest BCUT2D eigenvalue weighted by Gasteiger charge is 2.14. The van der Waals surface area contributed by atoms with Crippen molar-refractivity contribution in [2.75, 3.05) is 5.33 Å². The molecule has 1 heterocycles. The summed E-state index contributed by atoms with van der Waals surface area (Å²) in [5.41, 5.74) is 2.43. The Labute approximate surface area is 132 Å². The fourth-order valence-corrected chi connectivity index (χ4v) is 3.25. The van der Waals surface area contributed by atoms with Crippen LogP contribution in [-0.4, -0.2) is 10.3 Å². The first-order valence-corrected chi connectivity index (χ1v) is 8.32. The smallest absolute Gasteiger partial charge is 0.0413 e. The summed E-state index contributed by atoms with van der Waals surface area (Å²) in [5.74, 6) is 0.425. The first-order valence-electron chi connectivity index (χ1n) is 5.61. The molecular formula is C14H12Br3N. The second-order valence-electron chi connectivity index (χ2n) is 4.04. The van der Waals surface area contributed by atoms with Crippen LogP contribution in [0.3, 0.4) is 0 Å². The van der Waals surface area contributed by atoms with Gasteiger partial charge >= 0.3 is 0 Å². The first kappa shape index (κ1) is 14.2. The van der Waals surface area contributed by atoms with Gasteiger partial charge in [-0.3, -0.25) is 4.98 Å². The van der Waals surface area contributed by atoms with E-state index < -0.39 is 0 Å². The van der Waals surface area contributed by atoms with E-state index in [-0.39, 0.29) is 0 Å². The number of pyridine rings is 1. The van der Waals surface area contributed by atoms with Crippen LogP contribution in [0.15, 0.2) is 51.5 Å². The first-order chi connectivity index (χ1) is 8.70. The van der Waals surface area contributed by atoms with Gasteiger partial charge in [-0.05, 0) is 46.1 Å². The summed E-state index contributed by atoms with van der Waals surface area (Å²) in [6, 6.07) is 12.5. The van der Waals surface area contributed by atoms with Crippen LogP contribution in [0.5, 0.6) is 0 Å². The lowest BCUT2D eigenvalue weighted by atomic mass is 9.96. The van der Waals surface area contributed by atoms with E-state index in [1.807, 2.05) is 18.3 Å². The minimum absolute atomic E-state index is 0.425. The van der Waals surface area contributed by atoms with Crippen LogP contribution < -0.4 is 0 Å². The largest absolute Gasteiger partial charge is 0.260 e. The molecule has 1 unspecified atom stereocenters. The molecule has 1 nitrogen and oxygen atoms in total. The molecule has 0 aliphatic carbocycles. The van der Waals surface area contributed by atoms with Crippen molar-refractivity contribution < 1.29 is 0 Å². The second-order valence-corrected chi connectivity index (χ2v) is 6.46. The van der Waals surface area contributed by atoms with E-state index in [0.717, 1.165) is 26.4 Å². The summed E-state index contributed by atoms with van der Waals surface area (Å²) in [6.07, 6.45) is 2.78. The van der Waals surface area contributed by atoms with Gasteiger partial charge in [0.15, 0.2) is 0 Å². The van der Waals surface area contributed by atoms with E-state index >= 15 is 0 Å². The van der Waals surface area contributed by atoms with Gasteiger partial charge in [0.05, 0.1) is 0 Å². The molecule has 0 saturated carbocycles. The number of alkyl halides is 1. The van der Waals surface area contributed by atoms with Crippen molar-refractivity contribution in [1.82, 2.24) is 4.98 Å². The Hall–Kier alpha value is -0.190. The fraction of sp³-hybridized carbons (Fsp3) is 0.214. The monoisotopic (exact) mass is 431 g/mol. The van der Waals surface area contributed by atoms with Crippen LogP contribution in [0.2, 0.25) is 0 Å². The second kappa shape index (κ2) is 6.83. The van der Waals surface area contributed by atoms with Gasteiger partial charge < -0.3 is 0 Å². The molecule has 1 aromatic heterocycles. The van der Waals surface area contributed by atoms with Gasteiger partial charge in [0.25, 0.3) is 0 Å². The summed E-state index contributed by atoms with van der Waals surface area (Å²) in [7, 11) is 0. The van der Waals surface area contributed by atoms with E-state index in [2.05, 4.69) is 77.0 Å². The van der Waals surface area contributed by atoms with E-state index in [1.165, 1.54) is 5.56 Å². The molecule has 2 aromatic rings. The van der Waals surface area contributed by atoms with Crippen molar-refractivity contribution in [2.45, 2.75) is 12.3 Å². The van der Waals surface area contributed by atoms with Gasteiger partial charge in [-0.2, -0.15) is 0 Å². The number of nitrogens with zero attached hydrogens (tertiary/aromatic N) is 1. The van der Waals surface area contributed by atoms with E-state index in [1.54, 1.807) is 0 Å². The zero-order valence-corrected chi connectivity index (χ0v) is 14.4. The third kappa shape index (κ3) is 3.65. The third-order valence-electron chi connectivity index (χ3n) is 2.78. The summed E-state index contributed by atoms with van der Waals surface area (Å²) < 4.78 is 2.18. The van der Waals surface area contributed by atoms with Crippen LogP contribution in [0.4, 0.5) is 0 Å². The molecule has 1 atom stereocenters. The molecule has 4 heteroatoms. The van der Waals surface area contributed by atoms with Crippen molar-refractivity contribution in [1.29, 1.82) is 0 Å². The SMILES string of the molecule is BrCC(Cc1ccc(Br)cn1)c1ccccc1Br. The van der Waals surface area contributed by atoms with Gasteiger partial charge in [0.2, 0.25) is 0 Å². The van der Waals surface area contributed by atoms with Gasteiger partial charge in [0.1, 0.15) is 0 Å². The lowest BCUT2D eigenvalue weighted by molar-refractivity contribution is 0.752. The molecule has 2 rings (SSSR count). The van der Waals surface area contributed by atoms with E-state index in [9.17, 15) is 0 Å². The maximum absolute atomic E-state index is 4.44. The number of benzene rings is 1. The van der Waals surface area contributed by atoms with Gasteiger partial charge in [-0.1, -0.05) is 50.1 Å². The van der Waals surface area contributed by atoms with Crippen molar-refractivity contribution in [2.24, 2.45) is 0 Å². The molecule has 0 saturated heterocycles. The standard InChI is InChI=1S/C14H12Br3N/c15-8-10(13-3-1-2-4-14(13)17)7-12-6-5-11(16)9-18-12/h1-6,9-10H,7-8H2. The predicted octanol–water partition coefficient (Wildman–Crippen LogP) is 5.33. The number of halogens is 3. The van der Waals surface area contributed by atoms with Crippen LogP contribution in [0.25, 0.3) is 0 Å². The highest BCUT2D eigenvalue weighted by molar-refractivity contribution is 9.11. The average Bonchev–Trinajstić information content (AvgIpc) is 2.39. The Morgan fingerprint density at radius 3 is 2.44 bits per heavy atom. The molecule has 1 aromatic carbocycles. The van der Waals surface area contributed by atoms with Crippen LogP contribution in [-0.2, 0) is 6.42 Å². The number of hydrogen-bond acceptors (Lipinski definition) is 1. The summed E-state index contributed by atoms with van der Waals surface area (Å²) in [4.78, 5) is 4.44. The molecule has 0 spiro atoms. The van der Waals surface area contributed by atoms with Crippen molar-refractivity contribution >= 4 is 47.8 Å². The van der Waals surface area contributed by atoms with E-state index in [4.69, 9.17) is 0 Å². The topological polar surface area (TPSA) is 12.9 Å². The molecule has 0 aliphatic heterocycles. The summed E-state index contributed by atoms with van der Waals surface area (Å²) in [5, 5.41) is 0.924. The Morgan fingerprint density at radius 2 is 1.83 bits per heavy atom. The molecule has 0 fully saturated rings. The van der Waals surface area contributed by atoms with Crippen molar-refractivity contribution in [3.63, 3.8) is 0 Å². The van der Waals surface area contributed by atoms with E-state index in [0.29, 0.717) is 5.92 Å². The molecule has 0 amide bonds. The van der Waals surface area contributed by atoms with Crippen LogP contribution >= 0.6 is 47.8 Å². The normalized spacial score (nSPS) is 12.4. The quantitative estimate of drug-likeness (QED) is 0.594. The lowest BCUT2D eigenvalue weighted by Crippen LogP contribution is -2.06. The van der Waals surface area contributed by atoms with Crippen LogP contribution in [0, 0.1) is 0 Å². The minimum Gasteiger partial charge on any atom is -0.260 e. The van der Waals surface area contributed by atoms with Crippen molar-refractivity contribution in [3.8, 4) is 0 Å². The predicted molar refractivity (Wildman–Crippen MR) is 86.3 cm³/mol. The number of rotatable bonds is 4. The Bertz CT molecular complexity index is 511. The van der Waals surface area contributed by atoms with Crippen LogP contribution in [0.1, 0.15) is 17.2 Å². The maximum Gasteiger partial charge on any atom is 0.0413 e. The minimum atomic E-state index is 0.425. The molecule has 18 heavy (non-hydrogen) atoms. The Morgan fingerprint density at radius 1 is 1.06 bits per heavy atom. The van der Waals surface area contributed by atoms with Gasteiger partial charge in [-0.25, -0.2) is 0 Å². The molecule has 0 N–H and O–H groups in total. The molecule has 0 aliphatic rings. The average molecular weight is 434 g/mol. The third-order valence-corrected chi connectivity index (χ3v) is 4.75. The fourth-order valence-electron chi connectivity index (χ4n) is 1.83. The van der Waals surface area contributed by atoms with Gasteiger partial charge in [0, 0.05) is 32.1 Å².